The van der Waals surface area contributed by atoms with Crippen molar-refractivity contribution < 1.29 is 19.1 Å². The maximum atomic E-state index is 13.0. The average molecular weight is 395 g/mol. The van der Waals surface area contributed by atoms with Gasteiger partial charge in [0.05, 0.1) is 6.61 Å². The van der Waals surface area contributed by atoms with Gasteiger partial charge in [0.25, 0.3) is 0 Å². The zero-order chi connectivity index (χ0) is 20.4. The van der Waals surface area contributed by atoms with Crippen molar-refractivity contribution in [3.8, 4) is 0 Å². The molecular weight excluding hydrogens is 366 g/mol. The lowest BCUT2D eigenvalue weighted by Crippen LogP contribution is -2.47. The lowest BCUT2D eigenvalue weighted by molar-refractivity contribution is -0.175. The first-order valence-corrected chi connectivity index (χ1v) is 10.3. The maximum absolute atomic E-state index is 13.0. The minimum absolute atomic E-state index is 0.146. The monoisotopic (exact) mass is 395 g/mol. The molecule has 2 aromatic rings. The molecule has 0 aromatic heterocycles. The predicted octanol–water partition coefficient (Wildman–Crippen LogP) is 3.41. The number of ether oxygens (including phenoxy) is 2. The van der Waals surface area contributed by atoms with E-state index in [1.54, 1.807) is 0 Å². The van der Waals surface area contributed by atoms with Crippen LogP contribution in [0.2, 0.25) is 0 Å². The van der Waals surface area contributed by atoms with Crippen LogP contribution in [0.4, 0.5) is 0 Å². The van der Waals surface area contributed by atoms with Crippen LogP contribution in [0, 0.1) is 0 Å². The third kappa shape index (κ3) is 6.24. The summed E-state index contributed by atoms with van der Waals surface area (Å²) in [5, 5.41) is 0. The molecule has 0 radical (unpaired) electrons. The Morgan fingerprint density at radius 1 is 0.931 bits per heavy atom. The molecule has 0 spiro atoms. The van der Waals surface area contributed by atoms with Crippen LogP contribution in [-0.4, -0.2) is 49.0 Å². The number of nitrogens with zero attached hydrogens (tertiary/aromatic N) is 1. The van der Waals surface area contributed by atoms with Crippen molar-refractivity contribution in [2.24, 2.45) is 0 Å². The van der Waals surface area contributed by atoms with E-state index in [9.17, 15) is 9.59 Å². The molecule has 1 aliphatic rings. The highest BCUT2D eigenvalue weighted by Crippen LogP contribution is 2.21. The van der Waals surface area contributed by atoms with Crippen molar-refractivity contribution >= 4 is 12.3 Å². The second-order valence-corrected chi connectivity index (χ2v) is 7.48. The zero-order valence-electron chi connectivity index (χ0n) is 16.8. The van der Waals surface area contributed by atoms with Crippen LogP contribution >= 0.6 is 0 Å². The highest BCUT2D eigenvalue weighted by molar-refractivity contribution is 5.97. The number of piperidine rings is 1. The Kier molecular flexibility index (Phi) is 7.96. The van der Waals surface area contributed by atoms with E-state index < -0.39 is 11.6 Å². The molecule has 5 nitrogen and oxygen atoms in total. The summed E-state index contributed by atoms with van der Waals surface area (Å²) in [5.74, 6) is -0.621. The van der Waals surface area contributed by atoms with Gasteiger partial charge in [-0.2, -0.15) is 0 Å². The second kappa shape index (κ2) is 10.9. The van der Waals surface area contributed by atoms with Gasteiger partial charge in [-0.25, -0.2) is 4.79 Å². The van der Waals surface area contributed by atoms with Gasteiger partial charge in [0.2, 0.25) is 5.60 Å². The van der Waals surface area contributed by atoms with Crippen LogP contribution in [0.3, 0.4) is 0 Å². The van der Waals surface area contributed by atoms with Crippen molar-refractivity contribution in [1.29, 1.82) is 0 Å². The normalized spacial score (nSPS) is 16.7. The number of carbonyl (C=O) groups excluding carboxylic acids is 2. The molecule has 0 saturated carbocycles. The van der Waals surface area contributed by atoms with E-state index in [0.717, 1.165) is 24.2 Å². The number of carbonyl (C=O) groups is 2. The van der Waals surface area contributed by atoms with Gasteiger partial charge in [-0.05, 0) is 37.1 Å². The second-order valence-electron chi connectivity index (χ2n) is 7.48. The Bertz CT molecular complexity index is 759. The molecule has 5 heteroatoms. The molecule has 0 N–H and O–H groups in total. The van der Waals surface area contributed by atoms with Crippen molar-refractivity contribution in [3.05, 3.63) is 71.8 Å². The van der Waals surface area contributed by atoms with E-state index in [4.69, 9.17) is 9.47 Å². The van der Waals surface area contributed by atoms with Gasteiger partial charge in [0, 0.05) is 13.0 Å². The fraction of sp³-hybridized carbons (Fsp3) is 0.417. The van der Waals surface area contributed by atoms with Gasteiger partial charge in [0.15, 0.2) is 6.29 Å². The smallest absolute Gasteiger partial charge is 0.346 e. The first-order valence-electron chi connectivity index (χ1n) is 10.3. The first kappa shape index (κ1) is 21.2. The van der Waals surface area contributed by atoms with Gasteiger partial charge in [-0.3, -0.25) is 9.69 Å². The topological polar surface area (TPSA) is 55.8 Å². The standard InChI is InChI=1S/C24H29NO4/c26-20-24(18-21-10-4-1-5-11-21,29-19-22-12-6-2-7-13-22)23(27)28-17-16-25-14-8-3-9-15-25/h1-2,4-7,10-13,20H,3,8-9,14-19H2. The van der Waals surface area contributed by atoms with Crippen LogP contribution in [-0.2, 0) is 32.1 Å². The molecule has 1 saturated heterocycles. The highest BCUT2D eigenvalue weighted by Gasteiger charge is 2.41. The lowest BCUT2D eigenvalue weighted by atomic mass is 9.95. The molecule has 1 fully saturated rings. The molecule has 1 atom stereocenters. The highest BCUT2D eigenvalue weighted by atomic mass is 16.6. The third-order valence-electron chi connectivity index (χ3n) is 5.27. The minimum atomic E-state index is -1.65. The molecule has 29 heavy (non-hydrogen) atoms. The van der Waals surface area contributed by atoms with Crippen LogP contribution in [0.1, 0.15) is 30.4 Å². The molecule has 1 heterocycles. The Morgan fingerprint density at radius 3 is 2.17 bits per heavy atom. The van der Waals surface area contributed by atoms with E-state index in [1.165, 1.54) is 19.3 Å². The summed E-state index contributed by atoms with van der Waals surface area (Å²) in [6, 6.07) is 18.9. The molecule has 1 unspecified atom stereocenters. The molecule has 154 valence electrons. The Morgan fingerprint density at radius 2 is 1.55 bits per heavy atom. The van der Waals surface area contributed by atoms with Gasteiger partial charge in [0.1, 0.15) is 6.61 Å². The Balaban J connectivity index is 1.67. The summed E-state index contributed by atoms with van der Waals surface area (Å²) in [6.07, 6.45) is 4.36. The minimum Gasteiger partial charge on any atom is -0.462 e. The van der Waals surface area contributed by atoms with Crippen molar-refractivity contribution in [2.45, 2.75) is 37.9 Å². The van der Waals surface area contributed by atoms with Crippen molar-refractivity contribution in [1.82, 2.24) is 4.90 Å². The molecule has 0 aliphatic carbocycles. The van der Waals surface area contributed by atoms with E-state index in [-0.39, 0.29) is 19.6 Å². The van der Waals surface area contributed by atoms with E-state index in [0.29, 0.717) is 12.8 Å². The number of esters is 1. The third-order valence-corrected chi connectivity index (χ3v) is 5.27. The SMILES string of the molecule is O=CC(Cc1ccccc1)(OCc1ccccc1)C(=O)OCCN1CCCCC1. The number of rotatable bonds is 10. The van der Waals surface area contributed by atoms with E-state index in [2.05, 4.69) is 4.90 Å². The summed E-state index contributed by atoms with van der Waals surface area (Å²) in [7, 11) is 0. The van der Waals surface area contributed by atoms with E-state index in [1.807, 2.05) is 60.7 Å². The van der Waals surface area contributed by atoms with Gasteiger partial charge in [-0.1, -0.05) is 67.1 Å². The zero-order valence-corrected chi connectivity index (χ0v) is 16.8. The number of likely N-dealkylation sites (tertiary alicyclic amines) is 1. The molecule has 3 rings (SSSR count). The molecule has 2 aromatic carbocycles. The fourth-order valence-corrected chi connectivity index (χ4v) is 3.56. The average Bonchev–Trinajstić information content (AvgIpc) is 2.79. The largest absolute Gasteiger partial charge is 0.462 e. The maximum Gasteiger partial charge on any atom is 0.346 e. The summed E-state index contributed by atoms with van der Waals surface area (Å²) in [5.41, 5.74) is 0.0903. The van der Waals surface area contributed by atoms with Crippen LogP contribution in [0.25, 0.3) is 0 Å². The summed E-state index contributed by atoms with van der Waals surface area (Å²) in [4.78, 5) is 27.4. The lowest BCUT2D eigenvalue weighted by Gasteiger charge is -2.29. The number of aldehydes is 1. The van der Waals surface area contributed by atoms with Crippen LogP contribution in [0.5, 0.6) is 0 Å². The van der Waals surface area contributed by atoms with Gasteiger partial charge < -0.3 is 9.47 Å². The van der Waals surface area contributed by atoms with Crippen molar-refractivity contribution in [3.63, 3.8) is 0 Å². The van der Waals surface area contributed by atoms with E-state index >= 15 is 0 Å². The fourth-order valence-electron chi connectivity index (χ4n) is 3.56. The van der Waals surface area contributed by atoms with Crippen LogP contribution in [0.15, 0.2) is 60.7 Å². The van der Waals surface area contributed by atoms with Crippen LogP contribution < -0.4 is 0 Å². The predicted molar refractivity (Wildman–Crippen MR) is 111 cm³/mol. The summed E-state index contributed by atoms with van der Waals surface area (Å²) < 4.78 is 11.4. The molecule has 1 aliphatic heterocycles. The summed E-state index contributed by atoms with van der Waals surface area (Å²) in [6.45, 7) is 3.17. The number of benzene rings is 2. The van der Waals surface area contributed by atoms with Gasteiger partial charge in [-0.15, -0.1) is 0 Å². The Hall–Kier alpha value is -2.50. The molecule has 0 amide bonds. The van der Waals surface area contributed by atoms with Gasteiger partial charge >= 0.3 is 5.97 Å². The quantitative estimate of drug-likeness (QED) is 0.351. The summed E-state index contributed by atoms with van der Waals surface area (Å²) >= 11 is 0. The first-order chi connectivity index (χ1) is 14.2. The number of hydrogen-bond donors (Lipinski definition) is 0. The molecular formula is C24H29NO4. The molecule has 0 bridgehead atoms. The Labute approximate surface area is 172 Å². The van der Waals surface area contributed by atoms with Crippen molar-refractivity contribution in [2.75, 3.05) is 26.2 Å². The number of hydrogen-bond acceptors (Lipinski definition) is 5.